The second-order valence-corrected chi connectivity index (χ2v) is 13.7. The Balaban J connectivity index is 1.27. The molecular formula is C29H42FN2O3P. The molecule has 0 aliphatic heterocycles. The van der Waals surface area contributed by atoms with Crippen LogP contribution in [-0.2, 0) is 4.79 Å². The highest BCUT2D eigenvalue weighted by Crippen LogP contribution is 2.49. The molecule has 0 radical (unpaired) electrons. The fourth-order valence-electron chi connectivity index (χ4n) is 7.01. The second-order valence-electron chi connectivity index (χ2n) is 13.1. The van der Waals surface area contributed by atoms with Crippen LogP contribution >= 0.6 is 9.24 Å². The summed E-state index contributed by atoms with van der Waals surface area (Å²) >= 11 is 0. The van der Waals surface area contributed by atoms with E-state index < -0.39 is 5.82 Å². The van der Waals surface area contributed by atoms with Gasteiger partial charge in [-0.3, -0.25) is 9.59 Å². The minimum atomic E-state index is -0.442. The van der Waals surface area contributed by atoms with Crippen LogP contribution in [0, 0.1) is 34.4 Å². The van der Waals surface area contributed by atoms with Crippen molar-refractivity contribution in [2.45, 2.75) is 97.1 Å². The predicted octanol–water partition coefficient (Wildman–Crippen LogP) is 5.12. The molecule has 5 atom stereocenters. The van der Waals surface area contributed by atoms with Crippen molar-refractivity contribution in [3.05, 3.63) is 23.5 Å². The highest BCUT2D eigenvalue weighted by atomic mass is 31.0. The van der Waals surface area contributed by atoms with E-state index in [4.69, 9.17) is 4.74 Å². The number of carbonyl (C=O) groups excluding carboxylic acids is 2. The summed E-state index contributed by atoms with van der Waals surface area (Å²) in [7, 11) is 2.48. The summed E-state index contributed by atoms with van der Waals surface area (Å²) in [5.74, 6) is -0.0106. The fourth-order valence-corrected chi connectivity index (χ4v) is 7.37. The van der Waals surface area contributed by atoms with Crippen molar-refractivity contribution in [3.63, 3.8) is 0 Å². The third-order valence-corrected chi connectivity index (χ3v) is 10.2. The van der Waals surface area contributed by atoms with E-state index in [-0.39, 0.29) is 41.0 Å². The fraction of sp³-hybridized carbons (Fsp3) is 0.724. The average Bonchev–Trinajstić information content (AvgIpc) is 3.41. The Morgan fingerprint density at radius 3 is 2.42 bits per heavy atom. The molecule has 0 saturated heterocycles. The molecule has 4 aliphatic rings. The van der Waals surface area contributed by atoms with Crippen molar-refractivity contribution >= 4 is 26.4 Å². The Morgan fingerprint density at radius 2 is 1.75 bits per heavy atom. The van der Waals surface area contributed by atoms with Crippen LogP contribution in [-0.4, -0.2) is 30.5 Å². The van der Waals surface area contributed by atoms with Crippen LogP contribution in [0.5, 0.6) is 5.75 Å². The number of hydrogen-bond donors (Lipinski definition) is 2. The molecule has 2 bridgehead atoms. The maximum absolute atomic E-state index is 14.8. The smallest absolute Gasteiger partial charge is 0.252 e. The first-order valence-electron chi connectivity index (χ1n) is 13.9. The van der Waals surface area contributed by atoms with E-state index in [0.29, 0.717) is 34.7 Å². The topological polar surface area (TPSA) is 67.4 Å². The maximum atomic E-state index is 14.8. The molecule has 0 heterocycles. The lowest BCUT2D eigenvalue weighted by Crippen LogP contribution is -2.51. The summed E-state index contributed by atoms with van der Waals surface area (Å²) in [6.45, 7) is 7.46. The molecule has 0 aromatic heterocycles. The first kappa shape index (κ1) is 25.9. The monoisotopic (exact) mass is 516 g/mol. The molecule has 2 N–H and O–H groups in total. The van der Waals surface area contributed by atoms with E-state index in [1.54, 1.807) is 6.07 Å². The normalized spacial score (nSPS) is 30.5. The lowest BCUT2D eigenvalue weighted by atomic mass is 9.70. The standard InChI is InChI=1S/C29H42FN2O3P/c1-28(2)11-7-19(8-12-28)35-22-14-20(23(36)15-21(22)30)26(33)32-25-18-6-5-17(13-18)24(25)27(34)31-16-29(3)9-4-10-29/h14-15,17-19,24-25H,4-13,16,36H2,1-3H3,(H,31,34)(H,32,33)/t17-,18+,24+,25-/m1/s1. The predicted molar refractivity (Wildman–Crippen MR) is 143 cm³/mol. The Labute approximate surface area is 217 Å². The number of halogens is 1. The number of nitrogens with one attached hydrogen (secondary N) is 2. The van der Waals surface area contributed by atoms with Crippen LogP contribution in [0.4, 0.5) is 4.39 Å². The number of benzene rings is 1. The second kappa shape index (κ2) is 9.89. The summed E-state index contributed by atoms with van der Waals surface area (Å²) in [6, 6.07) is 2.74. The molecule has 1 aromatic carbocycles. The maximum Gasteiger partial charge on any atom is 0.252 e. The molecule has 4 saturated carbocycles. The van der Waals surface area contributed by atoms with Gasteiger partial charge in [-0.2, -0.15) is 0 Å². The Kier molecular flexibility index (Phi) is 7.13. The highest BCUT2D eigenvalue weighted by Gasteiger charge is 2.51. The Hall–Kier alpha value is -1.68. The van der Waals surface area contributed by atoms with Crippen LogP contribution in [0.15, 0.2) is 12.1 Å². The Morgan fingerprint density at radius 1 is 1.06 bits per heavy atom. The Bertz CT molecular complexity index is 1010. The van der Waals surface area contributed by atoms with Crippen molar-refractivity contribution in [3.8, 4) is 5.75 Å². The lowest BCUT2D eigenvalue weighted by Gasteiger charge is -2.39. The van der Waals surface area contributed by atoms with Crippen molar-refractivity contribution < 1.29 is 18.7 Å². The molecule has 4 fully saturated rings. The van der Waals surface area contributed by atoms with E-state index in [9.17, 15) is 14.0 Å². The average molecular weight is 517 g/mol. The van der Waals surface area contributed by atoms with Gasteiger partial charge in [-0.1, -0.05) is 27.2 Å². The van der Waals surface area contributed by atoms with Gasteiger partial charge in [0.25, 0.3) is 5.91 Å². The van der Waals surface area contributed by atoms with Gasteiger partial charge in [0.15, 0.2) is 11.6 Å². The molecule has 5 rings (SSSR count). The van der Waals surface area contributed by atoms with E-state index in [1.807, 2.05) is 0 Å². The van der Waals surface area contributed by atoms with Crippen LogP contribution < -0.4 is 20.7 Å². The number of fused-ring (bicyclic) bond motifs is 2. The number of carbonyl (C=O) groups is 2. The van der Waals surface area contributed by atoms with Gasteiger partial charge in [0.1, 0.15) is 0 Å². The van der Waals surface area contributed by atoms with Gasteiger partial charge in [0.05, 0.1) is 17.6 Å². The summed E-state index contributed by atoms with van der Waals surface area (Å²) in [6.07, 6.45) is 10.5. The number of amides is 2. The van der Waals surface area contributed by atoms with Crippen LogP contribution in [0.2, 0.25) is 0 Å². The van der Waals surface area contributed by atoms with Gasteiger partial charge in [-0.15, -0.1) is 9.24 Å². The third-order valence-electron chi connectivity index (χ3n) is 9.70. The number of hydrogen-bond acceptors (Lipinski definition) is 3. The van der Waals surface area contributed by atoms with Gasteiger partial charge < -0.3 is 15.4 Å². The minimum Gasteiger partial charge on any atom is -0.487 e. The summed E-state index contributed by atoms with van der Waals surface area (Å²) in [5.41, 5.74) is 0.919. The molecule has 4 aliphatic carbocycles. The number of rotatable bonds is 7. The van der Waals surface area contributed by atoms with E-state index in [2.05, 4.69) is 40.6 Å². The molecule has 0 spiro atoms. The van der Waals surface area contributed by atoms with Gasteiger partial charge in [-0.25, -0.2) is 4.39 Å². The lowest BCUT2D eigenvalue weighted by molar-refractivity contribution is -0.128. The molecule has 1 unspecified atom stereocenters. The first-order valence-corrected chi connectivity index (χ1v) is 14.5. The molecule has 1 aromatic rings. The summed E-state index contributed by atoms with van der Waals surface area (Å²) < 4.78 is 20.8. The van der Waals surface area contributed by atoms with Crippen LogP contribution in [0.1, 0.15) is 95.3 Å². The van der Waals surface area contributed by atoms with Crippen LogP contribution in [0.3, 0.4) is 0 Å². The van der Waals surface area contributed by atoms with Crippen molar-refractivity contribution in [1.82, 2.24) is 10.6 Å². The zero-order valence-electron chi connectivity index (χ0n) is 22.0. The summed E-state index contributed by atoms with van der Waals surface area (Å²) in [4.78, 5) is 26.7. The molecule has 198 valence electrons. The van der Waals surface area contributed by atoms with Gasteiger partial charge in [0.2, 0.25) is 5.91 Å². The molecule has 5 nitrogen and oxygen atoms in total. The van der Waals surface area contributed by atoms with Crippen LogP contribution in [0.25, 0.3) is 0 Å². The molecule has 36 heavy (non-hydrogen) atoms. The van der Waals surface area contributed by atoms with E-state index >= 15 is 0 Å². The SMILES string of the molecule is CC1(C)CCC(Oc2cc(C(=O)N[C@@H]3[C@H]4CC[C@H](C4)[C@@H]3C(=O)NCC3(C)CCC3)c(P)cc2F)CC1. The van der Waals surface area contributed by atoms with Crippen molar-refractivity contribution in [1.29, 1.82) is 0 Å². The quantitative estimate of drug-likeness (QED) is 0.494. The minimum absolute atomic E-state index is 0.0324. The third kappa shape index (κ3) is 5.30. The van der Waals surface area contributed by atoms with Crippen molar-refractivity contribution in [2.24, 2.45) is 28.6 Å². The summed E-state index contributed by atoms with van der Waals surface area (Å²) in [5, 5.41) is 6.91. The zero-order chi connectivity index (χ0) is 25.7. The van der Waals surface area contributed by atoms with Gasteiger partial charge in [-0.05, 0) is 97.9 Å². The zero-order valence-corrected chi connectivity index (χ0v) is 23.2. The highest BCUT2D eigenvalue weighted by molar-refractivity contribution is 7.27. The molecular weight excluding hydrogens is 474 g/mol. The van der Waals surface area contributed by atoms with E-state index in [0.717, 1.165) is 57.8 Å². The molecule has 2 amide bonds. The van der Waals surface area contributed by atoms with Gasteiger partial charge >= 0.3 is 0 Å². The first-order chi connectivity index (χ1) is 17.0. The number of ether oxygens (including phenoxy) is 1. The van der Waals surface area contributed by atoms with E-state index in [1.165, 1.54) is 12.5 Å². The van der Waals surface area contributed by atoms with Crippen molar-refractivity contribution in [2.75, 3.05) is 6.54 Å². The molecule has 7 heteroatoms. The van der Waals surface area contributed by atoms with Gasteiger partial charge in [0, 0.05) is 12.6 Å². The largest absolute Gasteiger partial charge is 0.487 e.